The van der Waals surface area contributed by atoms with Gasteiger partial charge in [-0.15, -0.1) is 12.4 Å². The van der Waals surface area contributed by atoms with Crippen LogP contribution in [-0.2, 0) is 6.54 Å². The van der Waals surface area contributed by atoms with Crippen molar-refractivity contribution in [2.45, 2.75) is 6.54 Å². The molecule has 15 heavy (non-hydrogen) atoms. The molecule has 0 heterocycles. The third-order valence-electron chi connectivity index (χ3n) is 1.50. The van der Waals surface area contributed by atoms with E-state index < -0.39 is 0 Å². The van der Waals surface area contributed by atoms with E-state index in [2.05, 4.69) is 55.4 Å². The molecule has 0 spiro atoms. The zero-order valence-electron chi connectivity index (χ0n) is 9.28. The predicted octanol–water partition coefficient (Wildman–Crippen LogP) is -0.386. The highest BCUT2D eigenvalue weighted by molar-refractivity contribution is 14.1. The van der Waals surface area contributed by atoms with Crippen LogP contribution in [0.2, 0.25) is 0 Å². The van der Waals surface area contributed by atoms with Crippen LogP contribution in [0.1, 0.15) is 5.56 Å². The topological polar surface area (TPSA) is 26.0 Å². The van der Waals surface area contributed by atoms with Gasteiger partial charge in [0.2, 0.25) is 0 Å². The summed E-state index contributed by atoms with van der Waals surface area (Å²) >= 11 is 1.65. The Kier molecular flexibility index (Phi) is 15.2. The Bertz CT molecular complexity index is 225. The second kappa shape index (κ2) is 11.0. The van der Waals surface area contributed by atoms with E-state index in [1.54, 1.807) is 22.9 Å². The van der Waals surface area contributed by atoms with E-state index in [-0.39, 0.29) is 24.8 Å². The molecule has 5 heteroatoms. The van der Waals surface area contributed by atoms with Crippen molar-refractivity contribution in [3.63, 3.8) is 0 Å². The van der Waals surface area contributed by atoms with Crippen molar-refractivity contribution in [2.75, 3.05) is 21.1 Å². The van der Waals surface area contributed by atoms with Crippen molar-refractivity contribution in [1.29, 1.82) is 0 Å². The van der Waals surface area contributed by atoms with Gasteiger partial charge in [-0.2, -0.15) is 0 Å². The summed E-state index contributed by atoms with van der Waals surface area (Å²) < 4.78 is 5.46. The van der Waals surface area contributed by atoms with Gasteiger partial charge in [-0.3, -0.25) is 3.95 Å². The highest BCUT2D eigenvalue weighted by Crippen LogP contribution is 2.04. The molecule has 0 saturated heterocycles. The van der Waals surface area contributed by atoms with Crippen molar-refractivity contribution in [3.8, 4) is 0 Å². The zero-order chi connectivity index (χ0) is 10.3. The van der Waals surface area contributed by atoms with Crippen molar-refractivity contribution in [1.82, 2.24) is 0 Å². The van der Waals surface area contributed by atoms with E-state index in [1.165, 1.54) is 5.56 Å². The third-order valence-corrected chi connectivity index (χ3v) is 1.50. The molecular formula is C10H19Cl2IN2. The van der Waals surface area contributed by atoms with Crippen LogP contribution in [0.15, 0.2) is 30.3 Å². The van der Waals surface area contributed by atoms with E-state index in [0.29, 0.717) is 0 Å². The fourth-order valence-electron chi connectivity index (χ4n) is 1.13. The van der Waals surface area contributed by atoms with Gasteiger partial charge in [0.15, 0.2) is 0 Å². The molecule has 0 aliphatic heterocycles. The molecule has 0 saturated carbocycles. The van der Waals surface area contributed by atoms with Crippen LogP contribution < -0.4 is 16.4 Å². The van der Waals surface area contributed by atoms with Gasteiger partial charge in [0.25, 0.3) is 0 Å². The Morgan fingerprint density at radius 2 is 1.47 bits per heavy atom. The van der Waals surface area contributed by atoms with Gasteiger partial charge in [0.1, 0.15) is 6.54 Å². The molecule has 0 aliphatic rings. The standard InChI is InChI=1S/C10H16N.2ClH.H2IN/c1-11(2,3)9-10-7-5-4-6-8-10;;;1-2/h4-8H,9H2,1-3H3;2*1H;2H2/q+1;;;/p-1. The normalized spacial score (nSPS) is 8.87. The smallest absolute Gasteiger partial charge is 0.104 e. The molecule has 2 nitrogen and oxygen atoms in total. The van der Waals surface area contributed by atoms with E-state index in [9.17, 15) is 0 Å². The maximum atomic E-state index is 4.47. The molecule has 0 unspecified atom stereocenters. The molecule has 0 aromatic heterocycles. The largest absolute Gasteiger partial charge is 1.00 e. The molecule has 0 aliphatic carbocycles. The second-order valence-corrected chi connectivity index (χ2v) is 3.93. The maximum Gasteiger partial charge on any atom is 0.104 e. The summed E-state index contributed by atoms with van der Waals surface area (Å²) in [4.78, 5) is 0. The highest BCUT2D eigenvalue weighted by atomic mass is 127. The molecule has 1 aromatic carbocycles. The first-order valence-electron chi connectivity index (χ1n) is 4.14. The number of rotatable bonds is 2. The Hall–Kier alpha value is 0.450. The molecular weight excluding hydrogens is 346 g/mol. The summed E-state index contributed by atoms with van der Waals surface area (Å²) in [5.74, 6) is 0. The van der Waals surface area contributed by atoms with Gasteiger partial charge in [0, 0.05) is 28.4 Å². The molecule has 0 radical (unpaired) electrons. The zero-order valence-corrected chi connectivity index (χ0v) is 13.0. The monoisotopic (exact) mass is 364 g/mol. The minimum atomic E-state index is 0. The van der Waals surface area contributed by atoms with Crippen LogP contribution in [0.5, 0.6) is 0 Å². The molecule has 0 fully saturated rings. The van der Waals surface area contributed by atoms with Gasteiger partial charge < -0.3 is 16.9 Å². The lowest BCUT2D eigenvalue weighted by molar-refractivity contribution is -0.884. The predicted molar refractivity (Wildman–Crippen MR) is 73.6 cm³/mol. The Balaban J connectivity index is -0.000000339. The van der Waals surface area contributed by atoms with Crippen molar-refractivity contribution in [2.24, 2.45) is 3.95 Å². The minimum absolute atomic E-state index is 0. The SMILES string of the molecule is C[N+](C)(C)Cc1ccccc1.Cl.NI.[Cl-]. The lowest BCUT2D eigenvalue weighted by Crippen LogP contribution is -3.00. The maximum absolute atomic E-state index is 4.47. The summed E-state index contributed by atoms with van der Waals surface area (Å²) in [5, 5.41) is 0. The van der Waals surface area contributed by atoms with Crippen molar-refractivity contribution >= 4 is 35.3 Å². The molecule has 1 aromatic rings. The van der Waals surface area contributed by atoms with E-state index in [4.69, 9.17) is 0 Å². The van der Waals surface area contributed by atoms with Gasteiger partial charge in [-0.05, 0) is 0 Å². The van der Waals surface area contributed by atoms with Crippen LogP contribution in [0.3, 0.4) is 0 Å². The number of quaternary nitrogens is 1. The van der Waals surface area contributed by atoms with Gasteiger partial charge in [0.05, 0.1) is 21.1 Å². The fourth-order valence-corrected chi connectivity index (χ4v) is 1.13. The lowest BCUT2D eigenvalue weighted by atomic mass is 10.2. The van der Waals surface area contributed by atoms with Gasteiger partial charge >= 0.3 is 0 Å². The number of nitrogens with two attached hydrogens (primary N) is 1. The summed E-state index contributed by atoms with van der Waals surface area (Å²) in [6.07, 6.45) is 0. The van der Waals surface area contributed by atoms with Crippen molar-refractivity contribution < 1.29 is 16.9 Å². The Labute approximate surface area is 119 Å². The first-order valence-corrected chi connectivity index (χ1v) is 5.39. The molecule has 1 rings (SSSR count). The number of benzene rings is 1. The first-order chi connectivity index (χ1) is 6.08. The Morgan fingerprint density at radius 1 is 1.07 bits per heavy atom. The summed E-state index contributed by atoms with van der Waals surface area (Å²) in [7, 11) is 6.60. The number of halogens is 3. The van der Waals surface area contributed by atoms with E-state index in [0.717, 1.165) is 11.0 Å². The average molecular weight is 365 g/mol. The fraction of sp³-hybridized carbons (Fsp3) is 0.400. The van der Waals surface area contributed by atoms with E-state index in [1.807, 2.05) is 0 Å². The van der Waals surface area contributed by atoms with Crippen LogP contribution in [-0.4, -0.2) is 25.6 Å². The minimum Gasteiger partial charge on any atom is -1.00 e. The average Bonchev–Trinajstić information content (AvgIpc) is 2.07. The summed E-state index contributed by atoms with van der Waals surface area (Å²) in [5.41, 5.74) is 1.40. The number of nitrogens with zero attached hydrogens (tertiary/aromatic N) is 1. The molecule has 0 amide bonds. The van der Waals surface area contributed by atoms with Crippen LogP contribution in [0.25, 0.3) is 0 Å². The molecule has 0 atom stereocenters. The highest BCUT2D eigenvalue weighted by Gasteiger charge is 2.06. The van der Waals surface area contributed by atoms with Crippen LogP contribution >= 0.6 is 35.3 Å². The van der Waals surface area contributed by atoms with Crippen LogP contribution in [0, 0.1) is 0 Å². The van der Waals surface area contributed by atoms with Crippen LogP contribution in [0.4, 0.5) is 0 Å². The summed E-state index contributed by atoms with van der Waals surface area (Å²) in [6.45, 7) is 1.10. The van der Waals surface area contributed by atoms with Gasteiger partial charge in [-0.25, -0.2) is 0 Å². The Morgan fingerprint density at radius 3 is 1.80 bits per heavy atom. The number of hydrogen-bond acceptors (Lipinski definition) is 1. The molecule has 2 N–H and O–H groups in total. The second-order valence-electron chi connectivity index (χ2n) is 3.93. The van der Waals surface area contributed by atoms with Crippen molar-refractivity contribution in [3.05, 3.63) is 35.9 Å². The molecule has 0 bridgehead atoms. The number of hydrogen-bond donors (Lipinski definition) is 1. The van der Waals surface area contributed by atoms with Gasteiger partial charge in [-0.1, -0.05) is 30.3 Å². The molecule has 90 valence electrons. The summed E-state index contributed by atoms with van der Waals surface area (Å²) in [6, 6.07) is 10.6. The quantitative estimate of drug-likeness (QED) is 0.432. The lowest BCUT2D eigenvalue weighted by Gasteiger charge is -2.23. The first kappa shape index (κ1) is 20.8. The third kappa shape index (κ3) is 12.4. The van der Waals surface area contributed by atoms with E-state index >= 15 is 0 Å².